The van der Waals surface area contributed by atoms with Gasteiger partial charge in [0.05, 0.1) is 13.1 Å². The van der Waals surface area contributed by atoms with Gasteiger partial charge in [-0.1, -0.05) is 23.2 Å². The highest BCUT2D eigenvalue weighted by Gasteiger charge is 2.33. The van der Waals surface area contributed by atoms with Gasteiger partial charge in [-0.25, -0.2) is 28.3 Å². The molecule has 24 heteroatoms. The van der Waals surface area contributed by atoms with E-state index < -0.39 is 35.0 Å². The van der Waals surface area contributed by atoms with Crippen LogP contribution in [-0.4, -0.2) is 110 Å². The number of anilines is 4. The lowest BCUT2D eigenvalue weighted by molar-refractivity contribution is 0.0488. The van der Waals surface area contributed by atoms with Crippen LogP contribution in [0, 0.1) is 19.0 Å². The Balaban J connectivity index is 0.000000224. The summed E-state index contributed by atoms with van der Waals surface area (Å²) in [6, 6.07) is 14.8. The van der Waals surface area contributed by atoms with Crippen molar-refractivity contribution in [2.75, 3.05) is 53.2 Å². The predicted octanol–water partition coefficient (Wildman–Crippen LogP) is 11.0. The SMILES string of the molecule is CC(C)(C)OC(=O)N[C@@H]1CCCN(c2nc(I)c(C(=O)Nc3ccncc3)n2Cc2cc(F)ccc2Cl)C1.CN(C(=O)c1c(I)nc(N2CCC[C@@H](NC(=O)OC(C)(C)C)C2)n1Cc1cc(F)ccc1Cl)c1ccncc1. The summed E-state index contributed by atoms with van der Waals surface area (Å²) < 4.78 is 43.7. The number of halogens is 6. The van der Waals surface area contributed by atoms with Crippen molar-refractivity contribution in [2.45, 2.75) is 104 Å². The molecule has 2 atom stereocenters. The summed E-state index contributed by atoms with van der Waals surface area (Å²) in [6.45, 7) is 13.4. The second-order valence-corrected chi connectivity index (χ2v) is 23.2. The lowest BCUT2D eigenvalue weighted by atomic mass is 10.1. The van der Waals surface area contributed by atoms with Gasteiger partial charge in [0.1, 0.15) is 41.6 Å². The van der Waals surface area contributed by atoms with Gasteiger partial charge in [0.15, 0.2) is 0 Å². The van der Waals surface area contributed by atoms with Gasteiger partial charge in [-0.05, 0) is 184 Å². The second kappa shape index (κ2) is 25.7. The van der Waals surface area contributed by atoms with Crippen molar-refractivity contribution in [3.63, 3.8) is 0 Å². The Kier molecular flexibility index (Phi) is 19.7. The minimum atomic E-state index is -0.606. The Bertz CT molecular complexity index is 3070. The van der Waals surface area contributed by atoms with Gasteiger partial charge in [0.2, 0.25) is 11.9 Å². The lowest BCUT2D eigenvalue weighted by Gasteiger charge is -2.34. The Morgan fingerprint density at radius 2 is 1.10 bits per heavy atom. The number of amides is 4. The first-order chi connectivity index (χ1) is 36.4. The smallest absolute Gasteiger partial charge is 0.407 e. The molecule has 2 saturated heterocycles. The van der Waals surface area contributed by atoms with Crippen LogP contribution < -0.4 is 30.7 Å². The number of alkyl carbamates (subject to hydrolysis) is 2. The second-order valence-electron chi connectivity index (χ2n) is 20.4. The number of benzene rings is 2. The van der Waals surface area contributed by atoms with Crippen molar-refractivity contribution >= 4 is 116 Å². The zero-order valence-corrected chi connectivity index (χ0v) is 49.4. The maximum atomic E-state index is 14.2. The van der Waals surface area contributed by atoms with Crippen molar-refractivity contribution in [3.8, 4) is 0 Å². The maximum Gasteiger partial charge on any atom is 0.407 e. The van der Waals surface area contributed by atoms with Gasteiger partial charge in [-0.3, -0.25) is 19.6 Å². The quantitative estimate of drug-likeness (QED) is 0.0983. The lowest BCUT2D eigenvalue weighted by Crippen LogP contribution is -2.49. The molecule has 410 valence electrons. The van der Waals surface area contributed by atoms with Crippen LogP contribution in [0.25, 0.3) is 0 Å². The normalized spacial score (nSPS) is 15.7. The van der Waals surface area contributed by atoms with E-state index in [1.807, 2.05) is 73.9 Å². The molecule has 0 unspecified atom stereocenters. The largest absolute Gasteiger partial charge is 0.444 e. The van der Waals surface area contributed by atoms with Gasteiger partial charge >= 0.3 is 12.2 Å². The van der Waals surface area contributed by atoms with Crippen LogP contribution in [0.2, 0.25) is 10.0 Å². The van der Waals surface area contributed by atoms with Crippen LogP contribution >= 0.6 is 68.4 Å². The van der Waals surface area contributed by atoms with Crippen molar-refractivity contribution in [3.05, 3.63) is 137 Å². The van der Waals surface area contributed by atoms with Gasteiger partial charge in [0, 0.05) is 91.5 Å². The fraction of sp³-hybridized carbons (Fsp3) is 0.396. The summed E-state index contributed by atoms with van der Waals surface area (Å²) in [5.74, 6) is -0.424. The average Bonchev–Trinajstić information content (AvgIpc) is 3.91. The summed E-state index contributed by atoms with van der Waals surface area (Å²) in [5, 5.41) is 9.54. The molecule has 3 N–H and O–H groups in total. The third-order valence-electron chi connectivity index (χ3n) is 12.0. The highest BCUT2D eigenvalue weighted by atomic mass is 127. The number of nitrogens with zero attached hydrogens (tertiary/aromatic N) is 9. The summed E-state index contributed by atoms with van der Waals surface area (Å²) in [6.07, 6.45) is 8.59. The standard InChI is InChI=1S/C27H31ClFIN6O3.C26H29ClFIN6O3/c1-27(2,3)39-26(38)32-19-6-5-13-35(16-19)25-33-23(30)22(24(37)34(4)20-9-11-31-12-10-20)36(25)15-17-14-18(29)7-8-21(17)28;1-26(2,3)38-25(37)32-19-5-4-12-34(15-19)24-33-22(29)21(23(36)31-18-8-10-30-11-9-18)35(24)14-16-13-17(28)6-7-20(16)27/h7-12,14,19H,5-6,13,15-16H2,1-4H3,(H,32,38);6-11,13,19H,4-5,12,14-15H2,1-3H3,(H,32,37)(H,30,31,36)/t2*19-/m11/s1. The zero-order chi connectivity index (χ0) is 55.8. The highest BCUT2D eigenvalue weighted by Crippen LogP contribution is 2.32. The highest BCUT2D eigenvalue weighted by molar-refractivity contribution is 14.1. The van der Waals surface area contributed by atoms with E-state index in [0.717, 1.165) is 25.7 Å². The Morgan fingerprint density at radius 1 is 0.675 bits per heavy atom. The van der Waals surface area contributed by atoms with Gasteiger partial charge in [0.25, 0.3) is 11.8 Å². The van der Waals surface area contributed by atoms with E-state index in [1.165, 1.54) is 41.3 Å². The third kappa shape index (κ3) is 16.1. The number of piperidine rings is 2. The third-order valence-corrected chi connectivity index (χ3v) is 14.3. The topological polar surface area (TPSA) is 194 Å². The summed E-state index contributed by atoms with van der Waals surface area (Å²) in [5.41, 5.74) is 1.75. The van der Waals surface area contributed by atoms with Crippen LogP contribution in [-0.2, 0) is 22.6 Å². The first-order valence-electron chi connectivity index (χ1n) is 24.7. The van der Waals surface area contributed by atoms with Crippen molar-refractivity contribution < 1.29 is 37.4 Å². The first-order valence-corrected chi connectivity index (χ1v) is 27.6. The number of ether oxygens (including phenoxy) is 2. The molecule has 18 nitrogen and oxygen atoms in total. The van der Waals surface area contributed by atoms with E-state index in [9.17, 15) is 28.0 Å². The minimum absolute atomic E-state index is 0.127. The molecule has 0 saturated carbocycles. The number of hydrogen-bond donors (Lipinski definition) is 3. The number of carbonyl (C=O) groups excluding carboxylic acids is 4. The number of rotatable bonds is 12. The summed E-state index contributed by atoms with van der Waals surface area (Å²) in [7, 11) is 1.68. The molecule has 8 rings (SSSR count). The Labute approximate surface area is 483 Å². The van der Waals surface area contributed by atoms with Gasteiger partial charge in [-0.2, -0.15) is 0 Å². The van der Waals surface area contributed by atoms with E-state index >= 15 is 0 Å². The number of pyridine rings is 2. The van der Waals surface area contributed by atoms with E-state index in [1.54, 1.807) is 65.2 Å². The summed E-state index contributed by atoms with van der Waals surface area (Å²) in [4.78, 5) is 75.2. The number of imidazole rings is 2. The van der Waals surface area contributed by atoms with Gasteiger partial charge in [-0.15, -0.1) is 0 Å². The van der Waals surface area contributed by atoms with Crippen molar-refractivity contribution in [1.82, 2.24) is 39.7 Å². The summed E-state index contributed by atoms with van der Waals surface area (Å²) >= 11 is 16.9. The Hall–Kier alpha value is -5.86. The fourth-order valence-electron chi connectivity index (χ4n) is 8.67. The average molecular weight is 1320 g/mol. The van der Waals surface area contributed by atoms with Crippen LogP contribution in [0.1, 0.15) is 99.3 Å². The zero-order valence-electron chi connectivity index (χ0n) is 43.6. The number of nitrogens with one attached hydrogen (secondary N) is 3. The molecule has 0 bridgehead atoms. The van der Waals surface area contributed by atoms with E-state index in [2.05, 4.69) is 48.5 Å². The molecular formula is C53H60Cl2F2I2N12O6. The number of carbonyl (C=O) groups is 4. The van der Waals surface area contributed by atoms with Crippen molar-refractivity contribution in [2.24, 2.45) is 0 Å². The molecule has 4 aromatic heterocycles. The molecule has 6 aromatic rings. The van der Waals surface area contributed by atoms with Crippen LogP contribution in [0.15, 0.2) is 85.5 Å². The molecular weight excluding hydrogens is 1260 g/mol. The fourth-order valence-corrected chi connectivity index (χ4v) is 10.5. The Morgan fingerprint density at radius 3 is 1.56 bits per heavy atom. The first kappa shape index (κ1) is 58.8. The molecule has 6 heterocycles. The van der Waals surface area contributed by atoms with Crippen LogP contribution in [0.4, 0.5) is 41.6 Å². The maximum absolute atomic E-state index is 14.2. The van der Waals surface area contributed by atoms with E-state index in [0.29, 0.717) is 89.4 Å². The minimum Gasteiger partial charge on any atom is -0.444 e. The molecule has 4 amide bonds. The van der Waals surface area contributed by atoms with E-state index in [-0.39, 0.29) is 37.0 Å². The molecule has 0 aliphatic carbocycles. The molecule has 77 heavy (non-hydrogen) atoms. The van der Waals surface area contributed by atoms with Crippen LogP contribution in [0.3, 0.4) is 0 Å². The molecule has 2 aliphatic heterocycles. The molecule has 0 spiro atoms. The van der Waals surface area contributed by atoms with Gasteiger partial charge < -0.3 is 49.3 Å². The molecule has 2 aromatic carbocycles. The van der Waals surface area contributed by atoms with Crippen molar-refractivity contribution in [1.29, 1.82) is 0 Å². The molecule has 2 fully saturated rings. The number of aromatic nitrogens is 6. The monoisotopic (exact) mass is 1320 g/mol. The number of hydrogen-bond acceptors (Lipinski definition) is 12. The van der Waals surface area contributed by atoms with E-state index in [4.69, 9.17) is 42.6 Å². The molecule has 2 aliphatic rings. The van der Waals surface area contributed by atoms with Crippen LogP contribution in [0.5, 0.6) is 0 Å². The predicted molar refractivity (Wildman–Crippen MR) is 309 cm³/mol. The molecule has 0 radical (unpaired) electrons.